The van der Waals surface area contributed by atoms with Gasteiger partial charge in [-0.3, -0.25) is 4.79 Å². The predicted octanol–water partition coefficient (Wildman–Crippen LogP) is 3.26. The summed E-state index contributed by atoms with van der Waals surface area (Å²) in [6, 6.07) is 15.6. The first kappa shape index (κ1) is 12.6. The molecule has 3 aromatic rings. The highest BCUT2D eigenvalue weighted by atomic mass is 16.1. The largest absolute Gasteiger partial charge is 0.279 e. The summed E-state index contributed by atoms with van der Waals surface area (Å²) in [7, 11) is 0. The summed E-state index contributed by atoms with van der Waals surface area (Å²) in [4.78, 5) is 12.5. The topological polar surface area (TPSA) is 34.9 Å². The van der Waals surface area contributed by atoms with E-state index in [1.54, 1.807) is 0 Å². The molecule has 0 N–H and O–H groups in total. The second kappa shape index (κ2) is 4.93. The van der Waals surface area contributed by atoms with Crippen molar-refractivity contribution in [1.82, 2.24) is 9.78 Å². The zero-order chi connectivity index (χ0) is 14.1. The molecule has 2 aromatic carbocycles. The Morgan fingerprint density at radius 1 is 1.00 bits per heavy atom. The summed E-state index contributed by atoms with van der Waals surface area (Å²) in [5.41, 5.74) is 2.84. The van der Waals surface area contributed by atoms with Gasteiger partial charge in [-0.25, -0.2) is 0 Å². The lowest BCUT2D eigenvalue weighted by Crippen LogP contribution is -2.22. The Kier molecular flexibility index (Phi) is 3.11. The monoisotopic (exact) mass is 264 g/mol. The molecule has 0 aliphatic rings. The standard InChI is InChI=1S/C17H16N2O/c1-3-13-8-10-14(11-9-13)19-17(20)16-7-5-4-6-15(16)12(2)18-19/h4-11H,3H2,1-2H3. The van der Waals surface area contributed by atoms with E-state index in [4.69, 9.17) is 0 Å². The van der Waals surface area contributed by atoms with Crippen LogP contribution in [-0.4, -0.2) is 9.78 Å². The molecule has 3 rings (SSSR count). The number of nitrogens with zero attached hydrogens (tertiary/aromatic N) is 2. The van der Waals surface area contributed by atoms with Crippen LogP contribution < -0.4 is 5.56 Å². The van der Waals surface area contributed by atoms with Crippen LogP contribution in [0.15, 0.2) is 53.3 Å². The van der Waals surface area contributed by atoms with Crippen molar-refractivity contribution in [3.63, 3.8) is 0 Å². The average Bonchev–Trinajstić information content (AvgIpc) is 2.51. The van der Waals surface area contributed by atoms with E-state index in [1.165, 1.54) is 10.2 Å². The van der Waals surface area contributed by atoms with Crippen molar-refractivity contribution in [3.05, 3.63) is 70.1 Å². The maximum atomic E-state index is 12.5. The van der Waals surface area contributed by atoms with E-state index >= 15 is 0 Å². The molecule has 100 valence electrons. The maximum Gasteiger partial charge on any atom is 0.279 e. The molecule has 0 fully saturated rings. The Labute approximate surface area is 117 Å². The highest BCUT2D eigenvalue weighted by molar-refractivity contribution is 5.83. The van der Waals surface area contributed by atoms with Crippen molar-refractivity contribution in [2.24, 2.45) is 0 Å². The van der Waals surface area contributed by atoms with Crippen molar-refractivity contribution in [2.45, 2.75) is 20.3 Å². The van der Waals surface area contributed by atoms with Crippen molar-refractivity contribution >= 4 is 10.8 Å². The second-order valence-electron chi connectivity index (χ2n) is 4.87. The summed E-state index contributed by atoms with van der Waals surface area (Å²) in [6.07, 6.45) is 0.985. The van der Waals surface area contributed by atoms with Crippen molar-refractivity contribution in [2.75, 3.05) is 0 Å². The molecular weight excluding hydrogens is 248 g/mol. The molecule has 0 aliphatic carbocycles. The highest BCUT2D eigenvalue weighted by Gasteiger charge is 2.08. The zero-order valence-electron chi connectivity index (χ0n) is 11.6. The van der Waals surface area contributed by atoms with Crippen LogP contribution in [0.1, 0.15) is 18.2 Å². The van der Waals surface area contributed by atoms with E-state index in [1.807, 2.05) is 55.5 Å². The molecule has 0 saturated carbocycles. The fourth-order valence-corrected chi connectivity index (χ4v) is 2.40. The number of aryl methyl sites for hydroxylation is 2. The number of hydrogen-bond donors (Lipinski definition) is 0. The number of benzene rings is 2. The molecule has 20 heavy (non-hydrogen) atoms. The van der Waals surface area contributed by atoms with Gasteiger partial charge in [-0.15, -0.1) is 0 Å². The van der Waals surface area contributed by atoms with Crippen LogP contribution in [0.3, 0.4) is 0 Å². The highest BCUT2D eigenvalue weighted by Crippen LogP contribution is 2.14. The molecule has 3 heteroatoms. The van der Waals surface area contributed by atoms with E-state index in [0.717, 1.165) is 23.2 Å². The van der Waals surface area contributed by atoms with Gasteiger partial charge in [0, 0.05) is 5.39 Å². The van der Waals surface area contributed by atoms with E-state index < -0.39 is 0 Å². The molecule has 0 unspecified atom stereocenters. The van der Waals surface area contributed by atoms with Crippen LogP contribution in [0, 0.1) is 6.92 Å². The minimum absolute atomic E-state index is 0.0737. The zero-order valence-corrected chi connectivity index (χ0v) is 11.6. The van der Waals surface area contributed by atoms with E-state index in [-0.39, 0.29) is 5.56 Å². The number of rotatable bonds is 2. The molecule has 0 saturated heterocycles. The molecule has 0 spiro atoms. The minimum atomic E-state index is -0.0737. The van der Waals surface area contributed by atoms with E-state index in [2.05, 4.69) is 12.0 Å². The molecule has 0 amide bonds. The molecule has 0 radical (unpaired) electrons. The Morgan fingerprint density at radius 2 is 1.65 bits per heavy atom. The molecule has 3 nitrogen and oxygen atoms in total. The fraction of sp³-hybridized carbons (Fsp3) is 0.176. The summed E-state index contributed by atoms with van der Waals surface area (Å²) < 4.78 is 1.48. The van der Waals surface area contributed by atoms with Gasteiger partial charge in [0.05, 0.1) is 16.8 Å². The third-order valence-corrected chi connectivity index (χ3v) is 3.58. The van der Waals surface area contributed by atoms with Gasteiger partial charge in [0.15, 0.2) is 0 Å². The van der Waals surface area contributed by atoms with E-state index in [0.29, 0.717) is 5.39 Å². The summed E-state index contributed by atoms with van der Waals surface area (Å²) >= 11 is 0. The minimum Gasteiger partial charge on any atom is -0.267 e. The fourth-order valence-electron chi connectivity index (χ4n) is 2.40. The van der Waals surface area contributed by atoms with Crippen molar-refractivity contribution in [1.29, 1.82) is 0 Å². The SMILES string of the molecule is CCc1ccc(-n2nc(C)c3ccccc3c2=O)cc1. The van der Waals surface area contributed by atoms with Gasteiger partial charge in [0.2, 0.25) is 0 Å². The summed E-state index contributed by atoms with van der Waals surface area (Å²) in [6.45, 7) is 4.04. The van der Waals surface area contributed by atoms with Gasteiger partial charge in [-0.05, 0) is 37.1 Å². The Hall–Kier alpha value is -2.42. The normalized spacial score (nSPS) is 10.9. The van der Waals surface area contributed by atoms with Crippen LogP contribution >= 0.6 is 0 Å². The van der Waals surface area contributed by atoms with Crippen LogP contribution in [0.4, 0.5) is 0 Å². The van der Waals surface area contributed by atoms with Gasteiger partial charge in [0.25, 0.3) is 5.56 Å². The molecule has 0 bridgehead atoms. The first-order valence-electron chi connectivity index (χ1n) is 6.78. The maximum absolute atomic E-state index is 12.5. The van der Waals surface area contributed by atoms with Crippen LogP contribution in [-0.2, 0) is 6.42 Å². The molecular formula is C17H16N2O. The number of fused-ring (bicyclic) bond motifs is 1. The van der Waals surface area contributed by atoms with Gasteiger partial charge < -0.3 is 0 Å². The van der Waals surface area contributed by atoms with Crippen molar-refractivity contribution < 1.29 is 0 Å². The van der Waals surface area contributed by atoms with Gasteiger partial charge in [-0.1, -0.05) is 37.3 Å². The van der Waals surface area contributed by atoms with Crippen molar-refractivity contribution in [3.8, 4) is 5.69 Å². The lowest BCUT2D eigenvalue weighted by atomic mass is 10.1. The van der Waals surface area contributed by atoms with Gasteiger partial charge in [0.1, 0.15) is 0 Å². The first-order chi connectivity index (χ1) is 9.70. The molecule has 0 aliphatic heterocycles. The van der Waals surface area contributed by atoms with E-state index in [9.17, 15) is 4.79 Å². The number of hydrogen-bond acceptors (Lipinski definition) is 2. The lowest BCUT2D eigenvalue weighted by molar-refractivity contribution is 0.800. The smallest absolute Gasteiger partial charge is 0.267 e. The number of aromatic nitrogens is 2. The van der Waals surface area contributed by atoms with Gasteiger partial charge in [-0.2, -0.15) is 9.78 Å². The Bertz CT molecular complexity index is 817. The van der Waals surface area contributed by atoms with Gasteiger partial charge >= 0.3 is 0 Å². The Morgan fingerprint density at radius 3 is 2.30 bits per heavy atom. The second-order valence-corrected chi connectivity index (χ2v) is 4.87. The summed E-state index contributed by atoms with van der Waals surface area (Å²) in [5, 5.41) is 6.05. The third kappa shape index (κ3) is 2.01. The quantitative estimate of drug-likeness (QED) is 0.712. The van der Waals surface area contributed by atoms with Crippen LogP contribution in [0.2, 0.25) is 0 Å². The van der Waals surface area contributed by atoms with Crippen LogP contribution in [0.5, 0.6) is 0 Å². The first-order valence-corrected chi connectivity index (χ1v) is 6.78. The Balaban J connectivity index is 2.25. The van der Waals surface area contributed by atoms with Crippen LogP contribution in [0.25, 0.3) is 16.5 Å². The molecule has 1 heterocycles. The predicted molar refractivity (Wildman–Crippen MR) is 81.5 cm³/mol. The summed E-state index contributed by atoms with van der Waals surface area (Å²) in [5.74, 6) is 0. The molecule has 1 aromatic heterocycles. The molecule has 0 atom stereocenters. The average molecular weight is 264 g/mol. The lowest BCUT2D eigenvalue weighted by Gasteiger charge is -2.09. The third-order valence-electron chi connectivity index (χ3n) is 3.58.